The van der Waals surface area contributed by atoms with E-state index in [1.807, 2.05) is 25.1 Å². The van der Waals surface area contributed by atoms with Crippen molar-refractivity contribution in [2.24, 2.45) is 0 Å². The summed E-state index contributed by atoms with van der Waals surface area (Å²) in [5.74, 6) is 0.457. The summed E-state index contributed by atoms with van der Waals surface area (Å²) in [6.07, 6.45) is 0. The minimum Gasteiger partial charge on any atom is -0.407 e. The third kappa shape index (κ3) is 1.63. The Labute approximate surface area is 86.7 Å². The van der Waals surface area contributed by atoms with Gasteiger partial charge in [-0.15, -0.1) is 5.10 Å². The highest BCUT2D eigenvalue weighted by atomic mass is 35.5. The number of aryl methyl sites for hydroxylation is 2. The molecule has 0 saturated carbocycles. The zero-order chi connectivity index (χ0) is 10.1. The Morgan fingerprint density at radius 1 is 1.14 bits per heavy atom. The van der Waals surface area contributed by atoms with Gasteiger partial charge in [-0.25, -0.2) is 0 Å². The lowest BCUT2D eigenvalue weighted by Crippen LogP contribution is -1.83. The molecular weight excluding hydrogens is 200 g/mol. The fourth-order valence-electron chi connectivity index (χ4n) is 1.20. The molecule has 0 N–H and O–H groups in total. The molecule has 0 amide bonds. The van der Waals surface area contributed by atoms with Crippen LogP contribution < -0.4 is 0 Å². The molecule has 3 nitrogen and oxygen atoms in total. The molecule has 14 heavy (non-hydrogen) atoms. The van der Waals surface area contributed by atoms with Crippen LogP contribution in [0.5, 0.6) is 0 Å². The Bertz CT molecular complexity index is 465. The van der Waals surface area contributed by atoms with Crippen molar-refractivity contribution >= 4 is 11.6 Å². The summed E-state index contributed by atoms with van der Waals surface area (Å²) in [5.41, 5.74) is 3.32. The molecular formula is C10H9ClN2O. The molecule has 2 rings (SSSR count). The van der Waals surface area contributed by atoms with Crippen LogP contribution in [0.2, 0.25) is 5.35 Å². The molecule has 4 heteroatoms. The van der Waals surface area contributed by atoms with Crippen molar-refractivity contribution in [2.75, 3.05) is 0 Å². The molecule has 2 aromatic rings. The number of aromatic nitrogens is 2. The first kappa shape index (κ1) is 9.21. The van der Waals surface area contributed by atoms with Crippen LogP contribution in [0.15, 0.2) is 22.6 Å². The summed E-state index contributed by atoms with van der Waals surface area (Å²) in [5, 5.41) is 7.47. The maximum atomic E-state index is 5.54. The lowest BCUT2D eigenvalue weighted by Gasteiger charge is -2.00. The van der Waals surface area contributed by atoms with E-state index in [4.69, 9.17) is 16.0 Å². The summed E-state index contributed by atoms with van der Waals surface area (Å²) >= 11 is 5.54. The van der Waals surface area contributed by atoms with Gasteiger partial charge in [0.25, 0.3) is 0 Å². The van der Waals surface area contributed by atoms with Gasteiger partial charge in [-0.3, -0.25) is 0 Å². The Morgan fingerprint density at radius 3 is 2.50 bits per heavy atom. The monoisotopic (exact) mass is 208 g/mol. The Hall–Kier alpha value is -1.35. The number of hydrogen-bond acceptors (Lipinski definition) is 3. The van der Waals surface area contributed by atoms with Gasteiger partial charge in [-0.05, 0) is 48.7 Å². The summed E-state index contributed by atoms with van der Waals surface area (Å²) in [6.45, 7) is 4.09. The smallest absolute Gasteiger partial charge is 0.313 e. The number of nitrogens with zero attached hydrogens (tertiary/aromatic N) is 2. The molecule has 72 valence electrons. The van der Waals surface area contributed by atoms with Crippen LogP contribution >= 0.6 is 11.6 Å². The molecule has 0 atom stereocenters. The SMILES string of the molecule is Cc1ccc(-c2nnc(Cl)o2)cc1C. The lowest BCUT2D eigenvalue weighted by molar-refractivity contribution is 0.571. The average molecular weight is 209 g/mol. The average Bonchev–Trinajstić information content (AvgIpc) is 2.57. The summed E-state index contributed by atoms with van der Waals surface area (Å²) < 4.78 is 5.11. The first-order chi connectivity index (χ1) is 6.66. The van der Waals surface area contributed by atoms with E-state index in [1.165, 1.54) is 11.1 Å². The molecule has 0 bridgehead atoms. The minimum atomic E-state index is 0.0678. The van der Waals surface area contributed by atoms with E-state index in [2.05, 4.69) is 17.1 Å². The predicted octanol–water partition coefficient (Wildman–Crippen LogP) is 3.01. The van der Waals surface area contributed by atoms with Crippen molar-refractivity contribution in [1.82, 2.24) is 10.2 Å². The standard InChI is InChI=1S/C10H9ClN2O/c1-6-3-4-8(5-7(6)2)9-12-13-10(11)14-9/h3-5H,1-2H3. The van der Waals surface area contributed by atoms with Gasteiger partial charge in [-0.2, -0.15) is 0 Å². The van der Waals surface area contributed by atoms with E-state index < -0.39 is 0 Å². The Kier molecular flexibility index (Phi) is 2.25. The predicted molar refractivity (Wildman–Crippen MR) is 54.2 cm³/mol. The van der Waals surface area contributed by atoms with E-state index in [9.17, 15) is 0 Å². The van der Waals surface area contributed by atoms with Gasteiger partial charge in [0, 0.05) is 5.56 Å². The van der Waals surface area contributed by atoms with E-state index in [0.29, 0.717) is 5.89 Å². The van der Waals surface area contributed by atoms with Crippen LogP contribution in [0, 0.1) is 13.8 Å². The van der Waals surface area contributed by atoms with Gasteiger partial charge in [0.1, 0.15) is 0 Å². The minimum absolute atomic E-state index is 0.0678. The molecule has 1 aromatic carbocycles. The van der Waals surface area contributed by atoms with E-state index in [1.54, 1.807) is 0 Å². The highest BCUT2D eigenvalue weighted by Crippen LogP contribution is 2.21. The molecule has 0 spiro atoms. The first-order valence-electron chi connectivity index (χ1n) is 4.23. The quantitative estimate of drug-likeness (QED) is 0.723. The summed E-state index contributed by atoms with van der Waals surface area (Å²) in [7, 11) is 0. The zero-order valence-corrected chi connectivity index (χ0v) is 8.67. The molecule has 1 aromatic heterocycles. The van der Waals surface area contributed by atoms with Crippen molar-refractivity contribution in [3.05, 3.63) is 34.7 Å². The van der Waals surface area contributed by atoms with Crippen LogP contribution in [0.4, 0.5) is 0 Å². The normalized spacial score (nSPS) is 10.5. The largest absolute Gasteiger partial charge is 0.407 e. The fraction of sp³-hybridized carbons (Fsp3) is 0.200. The molecule has 0 fully saturated rings. The van der Waals surface area contributed by atoms with Gasteiger partial charge in [-0.1, -0.05) is 11.2 Å². The van der Waals surface area contributed by atoms with Gasteiger partial charge >= 0.3 is 5.35 Å². The molecule has 0 radical (unpaired) electrons. The number of halogens is 1. The van der Waals surface area contributed by atoms with Crippen LogP contribution in [-0.2, 0) is 0 Å². The highest BCUT2D eigenvalue weighted by Gasteiger charge is 2.06. The topological polar surface area (TPSA) is 38.9 Å². The van der Waals surface area contributed by atoms with Gasteiger partial charge < -0.3 is 4.42 Å². The van der Waals surface area contributed by atoms with E-state index >= 15 is 0 Å². The summed E-state index contributed by atoms with van der Waals surface area (Å²) in [4.78, 5) is 0. The second-order valence-corrected chi connectivity index (χ2v) is 3.48. The third-order valence-corrected chi connectivity index (χ3v) is 2.31. The van der Waals surface area contributed by atoms with Crippen molar-refractivity contribution in [1.29, 1.82) is 0 Å². The van der Waals surface area contributed by atoms with Gasteiger partial charge in [0.05, 0.1) is 0 Å². The number of hydrogen-bond donors (Lipinski definition) is 0. The molecule has 0 aliphatic carbocycles. The van der Waals surface area contributed by atoms with E-state index in [-0.39, 0.29) is 5.35 Å². The van der Waals surface area contributed by atoms with Crippen molar-refractivity contribution in [2.45, 2.75) is 13.8 Å². The Morgan fingerprint density at radius 2 is 1.93 bits per heavy atom. The fourth-order valence-corrected chi connectivity index (χ4v) is 1.31. The highest BCUT2D eigenvalue weighted by molar-refractivity contribution is 6.27. The molecule has 0 aliphatic heterocycles. The summed E-state index contributed by atoms with van der Waals surface area (Å²) in [6, 6.07) is 5.95. The maximum Gasteiger partial charge on any atom is 0.313 e. The van der Waals surface area contributed by atoms with Crippen LogP contribution in [0.1, 0.15) is 11.1 Å². The third-order valence-electron chi connectivity index (χ3n) is 2.15. The van der Waals surface area contributed by atoms with Crippen molar-refractivity contribution in [3.8, 4) is 11.5 Å². The van der Waals surface area contributed by atoms with E-state index in [0.717, 1.165) is 5.56 Å². The number of benzene rings is 1. The van der Waals surface area contributed by atoms with Crippen molar-refractivity contribution in [3.63, 3.8) is 0 Å². The van der Waals surface area contributed by atoms with Gasteiger partial charge in [0.15, 0.2) is 0 Å². The molecule has 0 saturated heterocycles. The number of rotatable bonds is 1. The second kappa shape index (κ2) is 3.42. The van der Waals surface area contributed by atoms with Crippen molar-refractivity contribution < 1.29 is 4.42 Å². The van der Waals surface area contributed by atoms with Crippen LogP contribution in [-0.4, -0.2) is 10.2 Å². The molecule has 0 aliphatic rings. The van der Waals surface area contributed by atoms with Crippen LogP contribution in [0.3, 0.4) is 0 Å². The maximum absolute atomic E-state index is 5.54. The molecule has 1 heterocycles. The van der Waals surface area contributed by atoms with Gasteiger partial charge in [0.2, 0.25) is 5.89 Å². The van der Waals surface area contributed by atoms with Crippen LogP contribution in [0.25, 0.3) is 11.5 Å². The first-order valence-corrected chi connectivity index (χ1v) is 4.61. The lowest BCUT2D eigenvalue weighted by atomic mass is 10.1. The molecule has 0 unspecified atom stereocenters. The second-order valence-electron chi connectivity index (χ2n) is 3.16. The Balaban J connectivity index is 2.47. The zero-order valence-electron chi connectivity index (χ0n) is 7.91.